The number of H-pyrrole nitrogens is 1. The molecule has 4 heteroatoms. The van der Waals surface area contributed by atoms with Gasteiger partial charge < -0.3 is 4.98 Å². The summed E-state index contributed by atoms with van der Waals surface area (Å²) < 4.78 is 37.8. The lowest BCUT2D eigenvalue weighted by atomic mass is 9.92. The fourth-order valence-electron chi connectivity index (χ4n) is 2.59. The van der Waals surface area contributed by atoms with Gasteiger partial charge in [-0.3, -0.25) is 0 Å². The molecule has 1 N–H and O–H groups in total. The fourth-order valence-corrected chi connectivity index (χ4v) is 2.59. The Balaban J connectivity index is 1.97. The number of fused-ring (bicyclic) bond motifs is 1. The predicted octanol–water partition coefficient (Wildman–Crippen LogP) is 5.34. The normalized spacial score (nSPS) is 13.5. The zero-order valence-electron chi connectivity index (χ0n) is 11.4. The highest BCUT2D eigenvalue weighted by atomic mass is 19.4. The Morgan fingerprint density at radius 1 is 0.952 bits per heavy atom. The van der Waals surface area contributed by atoms with E-state index in [0.29, 0.717) is 0 Å². The Morgan fingerprint density at radius 2 is 1.62 bits per heavy atom. The van der Waals surface area contributed by atoms with Crippen molar-refractivity contribution in [1.82, 2.24) is 4.98 Å². The van der Waals surface area contributed by atoms with E-state index in [0.717, 1.165) is 34.2 Å². The maximum Gasteiger partial charge on any atom is 0.416 e. The van der Waals surface area contributed by atoms with Gasteiger partial charge in [-0.05, 0) is 29.3 Å². The molecule has 0 aliphatic heterocycles. The number of nitrogens with one attached hydrogen (secondary N) is 1. The van der Waals surface area contributed by atoms with E-state index < -0.39 is 11.7 Å². The van der Waals surface area contributed by atoms with Crippen LogP contribution < -0.4 is 0 Å². The van der Waals surface area contributed by atoms with Crippen LogP contribution in [-0.4, -0.2) is 4.98 Å². The number of benzene rings is 2. The number of hydrogen-bond acceptors (Lipinski definition) is 0. The summed E-state index contributed by atoms with van der Waals surface area (Å²) >= 11 is 0. The van der Waals surface area contributed by atoms with E-state index in [4.69, 9.17) is 0 Å². The Labute approximate surface area is 120 Å². The molecule has 0 aliphatic carbocycles. The van der Waals surface area contributed by atoms with Crippen molar-refractivity contribution in [3.05, 3.63) is 71.4 Å². The molecule has 108 valence electrons. The molecule has 0 saturated carbocycles. The first-order valence-electron chi connectivity index (χ1n) is 6.70. The van der Waals surface area contributed by atoms with Crippen molar-refractivity contribution in [1.29, 1.82) is 0 Å². The second-order valence-electron chi connectivity index (χ2n) is 5.13. The predicted molar refractivity (Wildman–Crippen MR) is 77.3 cm³/mol. The van der Waals surface area contributed by atoms with E-state index in [2.05, 4.69) is 4.98 Å². The van der Waals surface area contributed by atoms with Gasteiger partial charge in [-0.1, -0.05) is 37.3 Å². The third-order valence-electron chi connectivity index (χ3n) is 3.83. The van der Waals surface area contributed by atoms with Crippen molar-refractivity contribution in [2.45, 2.75) is 19.0 Å². The molecule has 1 aromatic heterocycles. The number of rotatable bonds is 2. The van der Waals surface area contributed by atoms with Crippen LogP contribution in [0.2, 0.25) is 0 Å². The van der Waals surface area contributed by atoms with Gasteiger partial charge in [0.1, 0.15) is 0 Å². The van der Waals surface area contributed by atoms with Crippen LogP contribution in [0, 0.1) is 0 Å². The topological polar surface area (TPSA) is 15.8 Å². The van der Waals surface area contributed by atoms with Gasteiger partial charge in [0.25, 0.3) is 0 Å². The Kier molecular flexibility index (Phi) is 3.24. The molecule has 2 aromatic carbocycles. The molecule has 1 nitrogen and oxygen atoms in total. The summed E-state index contributed by atoms with van der Waals surface area (Å²) in [5, 5.41) is 1.10. The molecule has 3 aromatic rings. The molecular formula is C17H14F3N. The monoisotopic (exact) mass is 289 g/mol. The van der Waals surface area contributed by atoms with E-state index in [1.165, 1.54) is 0 Å². The molecule has 1 heterocycles. The molecule has 0 radical (unpaired) electrons. The molecule has 0 bridgehead atoms. The number of alkyl halides is 3. The molecule has 0 amide bonds. The second-order valence-corrected chi connectivity index (χ2v) is 5.13. The van der Waals surface area contributed by atoms with Gasteiger partial charge in [-0.25, -0.2) is 0 Å². The zero-order chi connectivity index (χ0) is 15.0. The maximum absolute atomic E-state index is 12.6. The van der Waals surface area contributed by atoms with Crippen LogP contribution in [0.25, 0.3) is 10.9 Å². The summed E-state index contributed by atoms with van der Waals surface area (Å²) in [5.74, 6) is 0.0310. The SMILES string of the molecule is C[C@@H](c1ccc(C(F)(F)F)cc1)c1c[nH]c2ccccc12. The maximum atomic E-state index is 12.6. The van der Waals surface area contributed by atoms with Crippen molar-refractivity contribution in [3.63, 3.8) is 0 Å². The van der Waals surface area contributed by atoms with E-state index in [1.807, 2.05) is 37.4 Å². The van der Waals surface area contributed by atoms with Crippen LogP contribution in [0.15, 0.2) is 54.7 Å². The highest BCUT2D eigenvalue weighted by molar-refractivity contribution is 5.84. The molecule has 0 spiro atoms. The summed E-state index contributed by atoms with van der Waals surface area (Å²) in [7, 11) is 0. The molecular weight excluding hydrogens is 275 g/mol. The quantitative estimate of drug-likeness (QED) is 0.655. The van der Waals surface area contributed by atoms with Crippen LogP contribution in [0.3, 0.4) is 0 Å². The largest absolute Gasteiger partial charge is 0.416 e. The molecule has 0 fully saturated rings. The number of aromatic amines is 1. The highest BCUT2D eigenvalue weighted by Crippen LogP contribution is 2.33. The third kappa shape index (κ3) is 2.53. The third-order valence-corrected chi connectivity index (χ3v) is 3.83. The number of para-hydroxylation sites is 1. The summed E-state index contributed by atoms with van der Waals surface area (Å²) in [6.45, 7) is 2.00. The molecule has 3 rings (SSSR count). The van der Waals surface area contributed by atoms with Crippen molar-refractivity contribution < 1.29 is 13.2 Å². The van der Waals surface area contributed by atoms with E-state index in [9.17, 15) is 13.2 Å². The minimum absolute atomic E-state index is 0.0310. The molecule has 21 heavy (non-hydrogen) atoms. The number of halogens is 3. The lowest BCUT2D eigenvalue weighted by Crippen LogP contribution is -2.05. The van der Waals surface area contributed by atoms with Gasteiger partial charge in [0.2, 0.25) is 0 Å². The molecule has 0 unspecified atom stereocenters. The van der Waals surface area contributed by atoms with Crippen molar-refractivity contribution >= 4 is 10.9 Å². The summed E-state index contributed by atoms with van der Waals surface area (Å²) in [5.41, 5.74) is 2.38. The first-order chi connectivity index (χ1) is 9.97. The summed E-state index contributed by atoms with van der Waals surface area (Å²) in [6, 6.07) is 13.3. The number of aromatic nitrogens is 1. The van der Waals surface area contributed by atoms with Crippen LogP contribution in [0.5, 0.6) is 0 Å². The van der Waals surface area contributed by atoms with E-state index in [1.54, 1.807) is 12.1 Å². The minimum Gasteiger partial charge on any atom is -0.361 e. The minimum atomic E-state index is -4.29. The lowest BCUT2D eigenvalue weighted by molar-refractivity contribution is -0.137. The van der Waals surface area contributed by atoms with Crippen molar-refractivity contribution in [2.24, 2.45) is 0 Å². The highest BCUT2D eigenvalue weighted by Gasteiger charge is 2.30. The van der Waals surface area contributed by atoms with Gasteiger partial charge in [-0.15, -0.1) is 0 Å². The van der Waals surface area contributed by atoms with Crippen LogP contribution in [0.1, 0.15) is 29.5 Å². The first-order valence-corrected chi connectivity index (χ1v) is 6.70. The lowest BCUT2D eigenvalue weighted by Gasteiger charge is -2.13. The van der Waals surface area contributed by atoms with Gasteiger partial charge in [0.15, 0.2) is 0 Å². The second kappa shape index (κ2) is 4.95. The zero-order valence-corrected chi connectivity index (χ0v) is 11.4. The van der Waals surface area contributed by atoms with Crippen LogP contribution in [0.4, 0.5) is 13.2 Å². The molecule has 1 atom stereocenters. The Morgan fingerprint density at radius 3 is 2.29 bits per heavy atom. The average molecular weight is 289 g/mol. The first kappa shape index (κ1) is 13.7. The average Bonchev–Trinajstić information content (AvgIpc) is 2.90. The van der Waals surface area contributed by atoms with E-state index >= 15 is 0 Å². The molecule has 0 aliphatic rings. The fraction of sp³-hybridized carbons (Fsp3) is 0.176. The van der Waals surface area contributed by atoms with Crippen LogP contribution >= 0.6 is 0 Å². The van der Waals surface area contributed by atoms with Gasteiger partial charge >= 0.3 is 6.18 Å². The van der Waals surface area contributed by atoms with Gasteiger partial charge in [-0.2, -0.15) is 13.2 Å². The van der Waals surface area contributed by atoms with Gasteiger partial charge in [0, 0.05) is 23.0 Å². The van der Waals surface area contributed by atoms with Crippen molar-refractivity contribution in [2.75, 3.05) is 0 Å². The summed E-state index contributed by atoms with van der Waals surface area (Å²) in [6.07, 6.45) is -2.37. The number of hydrogen-bond donors (Lipinski definition) is 1. The van der Waals surface area contributed by atoms with Gasteiger partial charge in [0.05, 0.1) is 5.56 Å². The Bertz CT molecular complexity index is 754. The van der Waals surface area contributed by atoms with Crippen LogP contribution in [-0.2, 0) is 6.18 Å². The molecule has 0 saturated heterocycles. The smallest absolute Gasteiger partial charge is 0.361 e. The van der Waals surface area contributed by atoms with E-state index in [-0.39, 0.29) is 5.92 Å². The Hall–Kier alpha value is -2.23. The van der Waals surface area contributed by atoms with Crippen molar-refractivity contribution in [3.8, 4) is 0 Å². The summed E-state index contributed by atoms with van der Waals surface area (Å²) in [4.78, 5) is 3.19. The standard InChI is InChI=1S/C17H14F3N/c1-11(12-6-8-13(9-7-12)17(18,19)20)15-10-21-16-5-3-2-4-14(15)16/h2-11,21H,1H3/t11-/m0/s1.